The van der Waals surface area contributed by atoms with E-state index in [0.29, 0.717) is 26.2 Å². The van der Waals surface area contributed by atoms with Gasteiger partial charge < -0.3 is 19.8 Å². The molecular formula is C22H29N3O6S. The standard InChI is InChI=1S/C22H29N3O6S/c1-17-5-7-18(8-6-17)32(28,29)20(19-4-2-13-31-19)16-24-22(27)21(26)23-9-3-10-25-11-14-30-15-12-25/h2,4-8,13,20H,3,9-12,14-16H2,1H3,(H,23,26)(H,24,27). The van der Waals surface area contributed by atoms with E-state index in [1.54, 1.807) is 18.2 Å². The zero-order valence-corrected chi connectivity index (χ0v) is 18.9. The predicted molar refractivity (Wildman–Crippen MR) is 118 cm³/mol. The van der Waals surface area contributed by atoms with Gasteiger partial charge in [0.2, 0.25) is 0 Å². The molecule has 0 saturated carbocycles. The third-order valence-electron chi connectivity index (χ3n) is 5.28. The van der Waals surface area contributed by atoms with Crippen LogP contribution in [0.3, 0.4) is 0 Å². The Hall–Kier alpha value is -2.69. The molecule has 1 unspecified atom stereocenters. The fourth-order valence-electron chi connectivity index (χ4n) is 3.41. The van der Waals surface area contributed by atoms with Crippen LogP contribution in [0.4, 0.5) is 0 Å². The number of ether oxygens (including phenoxy) is 1. The van der Waals surface area contributed by atoms with Crippen LogP contribution in [0.2, 0.25) is 0 Å². The second kappa shape index (κ2) is 11.3. The van der Waals surface area contributed by atoms with Crippen LogP contribution in [0.25, 0.3) is 0 Å². The van der Waals surface area contributed by atoms with Crippen molar-refractivity contribution in [2.75, 3.05) is 45.9 Å². The van der Waals surface area contributed by atoms with E-state index in [-0.39, 0.29) is 17.2 Å². The smallest absolute Gasteiger partial charge is 0.309 e. The Balaban J connectivity index is 1.54. The monoisotopic (exact) mass is 463 g/mol. The lowest BCUT2D eigenvalue weighted by atomic mass is 10.2. The van der Waals surface area contributed by atoms with E-state index < -0.39 is 26.9 Å². The molecule has 1 saturated heterocycles. The number of hydrogen-bond acceptors (Lipinski definition) is 7. The van der Waals surface area contributed by atoms with Crippen LogP contribution in [0.15, 0.2) is 52.0 Å². The zero-order chi connectivity index (χ0) is 23.0. The first-order chi connectivity index (χ1) is 15.4. The lowest BCUT2D eigenvalue weighted by molar-refractivity contribution is -0.139. The summed E-state index contributed by atoms with van der Waals surface area (Å²) in [5.74, 6) is -1.48. The quantitative estimate of drug-likeness (QED) is 0.422. The highest BCUT2D eigenvalue weighted by molar-refractivity contribution is 7.91. The Labute approximate surface area is 188 Å². The van der Waals surface area contributed by atoms with Gasteiger partial charge in [0.15, 0.2) is 9.84 Å². The Morgan fingerprint density at radius 1 is 1.06 bits per heavy atom. The Kier molecular flexibility index (Phi) is 8.43. The number of amides is 2. The molecule has 0 bridgehead atoms. The number of aryl methyl sites for hydroxylation is 1. The lowest BCUT2D eigenvalue weighted by Gasteiger charge is -2.26. The van der Waals surface area contributed by atoms with E-state index in [2.05, 4.69) is 15.5 Å². The van der Waals surface area contributed by atoms with Gasteiger partial charge in [-0.15, -0.1) is 0 Å². The van der Waals surface area contributed by atoms with Gasteiger partial charge in [0.05, 0.1) is 24.4 Å². The number of morpholine rings is 1. The average molecular weight is 464 g/mol. The van der Waals surface area contributed by atoms with Gasteiger partial charge in [0.25, 0.3) is 0 Å². The largest absolute Gasteiger partial charge is 0.468 e. The zero-order valence-electron chi connectivity index (χ0n) is 18.1. The molecule has 1 aromatic carbocycles. The highest BCUT2D eigenvalue weighted by Gasteiger charge is 2.32. The summed E-state index contributed by atoms with van der Waals surface area (Å²) in [6.45, 7) is 5.86. The van der Waals surface area contributed by atoms with E-state index in [9.17, 15) is 18.0 Å². The maximum absolute atomic E-state index is 13.2. The summed E-state index contributed by atoms with van der Waals surface area (Å²) < 4.78 is 36.9. The predicted octanol–water partition coefficient (Wildman–Crippen LogP) is 1.06. The third kappa shape index (κ3) is 6.41. The van der Waals surface area contributed by atoms with Crippen LogP contribution in [0, 0.1) is 6.92 Å². The van der Waals surface area contributed by atoms with Gasteiger partial charge in [-0.1, -0.05) is 17.7 Å². The van der Waals surface area contributed by atoms with Crippen molar-refractivity contribution in [1.29, 1.82) is 0 Å². The second-order valence-corrected chi connectivity index (χ2v) is 9.77. The molecule has 1 aliphatic heterocycles. The first-order valence-electron chi connectivity index (χ1n) is 10.6. The van der Waals surface area contributed by atoms with Gasteiger partial charge in [-0.3, -0.25) is 14.5 Å². The van der Waals surface area contributed by atoms with E-state index >= 15 is 0 Å². The van der Waals surface area contributed by atoms with E-state index in [0.717, 1.165) is 25.2 Å². The summed E-state index contributed by atoms with van der Waals surface area (Å²) in [7, 11) is -3.85. The van der Waals surface area contributed by atoms with E-state index in [4.69, 9.17) is 9.15 Å². The summed E-state index contributed by atoms with van der Waals surface area (Å²) in [5, 5.41) is 3.85. The van der Waals surface area contributed by atoms with Crippen molar-refractivity contribution >= 4 is 21.7 Å². The Bertz CT molecular complexity index is 983. The minimum atomic E-state index is -3.85. The summed E-state index contributed by atoms with van der Waals surface area (Å²) in [6.07, 6.45) is 2.08. The number of carbonyl (C=O) groups is 2. The molecule has 2 aromatic rings. The number of carbonyl (C=O) groups excluding carboxylic acids is 2. The molecule has 1 aromatic heterocycles. The SMILES string of the molecule is Cc1ccc(S(=O)(=O)C(CNC(=O)C(=O)NCCCN2CCOCC2)c2ccco2)cc1. The fraction of sp³-hybridized carbons (Fsp3) is 0.455. The average Bonchev–Trinajstić information content (AvgIpc) is 3.32. The number of sulfone groups is 1. The van der Waals surface area contributed by atoms with E-state index in [1.807, 2.05) is 6.92 Å². The van der Waals surface area contributed by atoms with Crippen LogP contribution in [0.1, 0.15) is 23.0 Å². The van der Waals surface area contributed by atoms with Crippen LogP contribution in [-0.4, -0.2) is 71.1 Å². The number of hydrogen-bond donors (Lipinski definition) is 2. The fourth-order valence-corrected chi connectivity index (χ4v) is 4.99. The van der Waals surface area contributed by atoms with Crippen molar-refractivity contribution < 1.29 is 27.2 Å². The molecule has 2 N–H and O–H groups in total. The Morgan fingerprint density at radius 2 is 1.75 bits per heavy atom. The van der Waals surface area contributed by atoms with Crippen molar-refractivity contribution in [1.82, 2.24) is 15.5 Å². The normalized spacial score (nSPS) is 15.8. The number of furan rings is 1. The van der Waals surface area contributed by atoms with Crippen LogP contribution in [-0.2, 0) is 24.2 Å². The van der Waals surface area contributed by atoms with Gasteiger partial charge in [-0.05, 0) is 44.2 Å². The molecule has 1 fully saturated rings. The molecule has 2 amide bonds. The third-order valence-corrected chi connectivity index (χ3v) is 7.36. The summed E-state index contributed by atoms with van der Waals surface area (Å²) >= 11 is 0. The van der Waals surface area contributed by atoms with Crippen molar-refractivity contribution in [3.8, 4) is 0 Å². The van der Waals surface area contributed by atoms with E-state index in [1.165, 1.54) is 24.5 Å². The number of benzene rings is 1. The molecule has 9 nitrogen and oxygen atoms in total. The van der Waals surface area contributed by atoms with Crippen LogP contribution in [0.5, 0.6) is 0 Å². The Morgan fingerprint density at radius 3 is 2.41 bits per heavy atom. The minimum Gasteiger partial charge on any atom is -0.468 e. The van der Waals surface area contributed by atoms with Gasteiger partial charge in [-0.25, -0.2) is 8.42 Å². The highest BCUT2D eigenvalue weighted by Crippen LogP contribution is 2.29. The van der Waals surface area contributed by atoms with Crippen molar-refractivity contribution in [2.24, 2.45) is 0 Å². The molecule has 32 heavy (non-hydrogen) atoms. The highest BCUT2D eigenvalue weighted by atomic mass is 32.2. The van der Waals surface area contributed by atoms with Gasteiger partial charge in [0.1, 0.15) is 11.0 Å². The van der Waals surface area contributed by atoms with Crippen molar-refractivity contribution in [2.45, 2.75) is 23.5 Å². The maximum atomic E-state index is 13.2. The molecule has 0 spiro atoms. The number of rotatable bonds is 9. The first kappa shape index (κ1) is 24.0. The number of nitrogens with zero attached hydrogens (tertiary/aromatic N) is 1. The van der Waals surface area contributed by atoms with Gasteiger partial charge >= 0.3 is 11.8 Å². The summed E-state index contributed by atoms with van der Waals surface area (Å²) in [4.78, 5) is 26.7. The topological polar surface area (TPSA) is 118 Å². The van der Waals surface area contributed by atoms with Crippen LogP contribution < -0.4 is 10.6 Å². The summed E-state index contributed by atoms with van der Waals surface area (Å²) in [5.41, 5.74) is 0.928. The summed E-state index contributed by atoms with van der Waals surface area (Å²) in [6, 6.07) is 9.56. The molecule has 2 heterocycles. The molecular weight excluding hydrogens is 434 g/mol. The molecule has 3 rings (SSSR count). The molecule has 174 valence electrons. The lowest BCUT2D eigenvalue weighted by Crippen LogP contribution is -2.43. The van der Waals surface area contributed by atoms with Gasteiger partial charge in [0, 0.05) is 26.2 Å². The minimum absolute atomic E-state index is 0.117. The number of nitrogens with one attached hydrogen (secondary N) is 2. The van der Waals surface area contributed by atoms with Crippen molar-refractivity contribution in [3.63, 3.8) is 0 Å². The molecule has 1 aliphatic rings. The second-order valence-electron chi connectivity index (χ2n) is 7.64. The maximum Gasteiger partial charge on any atom is 0.309 e. The van der Waals surface area contributed by atoms with Crippen molar-refractivity contribution in [3.05, 3.63) is 54.0 Å². The van der Waals surface area contributed by atoms with Gasteiger partial charge in [-0.2, -0.15) is 0 Å². The molecule has 1 atom stereocenters. The molecule has 10 heteroatoms. The molecule has 0 radical (unpaired) electrons. The molecule has 0 aliphatic carbocycles. The van der Waals surface area contributed by atoms with Crippen LogP contribution >= 0.6 is 0 Å². The first-order valence-corrected chi connectivity index (χ1v) is 12.1.